The standard InChI is InChI=1S/C24H18N2/c1-26-23-15-9-8-14-21(23)22(24(26)19-12-6-3-7-13-19)16-20(17-25)18-10-4-2-5-11-18/h2-16H,1H3. The van der Waals surface area contributed by atoms with E-state index in [0.717, 1.165) is 33.3 Å². The van der Waals surface area contributed by atoms with Crippen molar-refractivity contribution in [2.75, 3.05) is 0 Å². The number of aromatic nitrogens is 1. The first-order valence-electron chi connectivity index (χ1n) is 8.59. The highest BCUT2D eigenvalue weighted by molar-refractivity contribution is 6.03. The molecule has 0 aliphatic heterocycles. The maximum absolute atomic E-state index is 9.76. The Balaban J connectivity index is 2.03. The Kier molecular flexibility index (Phi) is 4.13. The fourth-order valence-electron chi connectivity index (χ4n) is 3.46. The number of para-hydroxylation sites is 1. The van der Waals surface area contributed by atoms with Crippen LogP contribution in [0.4, 0.5) is 0 Å². The van der Waals surface area contributed by atoms with E-state index < -0.39 is 0 Å². The van der Waals surface area contributed by atoms with Crippen LogP contribution in [-0.2, 0) is 7.05 Å². The lowest BCUT2D eigenvalue weighted by Crippen LogP contribution is -1.92. The van der Waals surface area contributed by atoms with Gasteiger partial charge < -0.3 is 4.57 Å². The molecule has 0 amide bonds. The highest BCUT2D eigenvalue weighted by Gasteiger charge is 2.15. The predicted octanol–water partition coefficient (Wildman–Crippen LogP) is 5.91. The van der Waals surface area contributed by atoms with Crippen molar-refractivity contribution in [1.82, 2.24) is 4.57 Å². The second kappa shape index (κ2) is 6.74. The molecule has 1 aromatic heterocycles. The van der Waals surface area contributed by atoms with Gasteiger partial charge in [0.1, 0.15) is 0 Å². The zero-order valence-corrected chi connectivity index (χ0v) is 14.6. The molecule has 2 nitrogen and oxygen atoms in total. The van der Waals surface area contributed by atoms with Gasteiger partial charge in [0.05, 0.1) is 17.3 Å². The third-order valence-electron chi connectivity index (χ3n) is 4.69. The lowest BCUT2D eigenvalue weighted by molar-refractivity contribution is 0.977. The molecule has 0 fully saturated rings. The summed E-state index contributed by atoms with van der Waals surface area (Å²) in [6, 6.07) is 30.9. The van der Waals surface area contributed by atoms with Crippen LogP contribution in [0.5, 0.6) is 0 Å². The summed E-state index contributed by atoms with van der Waals surface area (Å²) in [6.07, 6.45) is 2.01. The number of rotatable bonds is 3. The maximum Gasteiger partial charge on any atom is 0.0998 e. The topological polar surface area (TPSA) is 28.7 Å². The summed E-state index contributed by atoms with van der Waals surface area (Å²) >= 11 is 0. The molecule has 0 N–H and O–H groups in total. The van der Waals surface area contributed by atoms with Crippen molar-refractivity contribution in [2.24, 2.45) is 7.05 Å². The van der Waals surface area contributed by atoms with Gasteiger partial charge in [0.2, 0.25) is 0 Å². The highest BCUT2D eigenvalue weighted by atomic mass is 14.9. The van der Waals surface area contributed by atoms with E-state index in [1.807, 2.05) is 66.7 Å². The lowest BCUT2D eigenvalue weighted by atomic mass is 9.99. The largest absolute Gasteiger partial charge is 0.343 e. The Bertz CT molecular complexity index is 1130. The van der Waals surface area contributed by atoms with E-state index in [1.54, 1.807) is 0 Å². The molecular weight excluding hydrogens is 316 g/mol. The van der Waals surface area contributed by atoms with Crippen molar-refractivity contribution in [3.8, 4) is 17.3 Å². The van der Waals surface area contributed by atoms with E-state index in [2.05, 4.69) is 41.9 Å². The molecule has 0 saturated heterocycles. The molecule has 0 atom stereocenters. The number of aryl methyl sites for hydroxylation is 1. The molecule has 4 rings (SSSR count). The van der Waals surface area contributed by atoms with Gasteiger partial charge in [-0.05, 0) is 23.3 Å². The smallest absolute Gasteiger partial charge is 0.0998 e. The van der Waals surface area contributed by atoms with Gasteiger partial charge in [0.25, 0.3) is 0 Å². The summed E-state index contributed by atoms with van der Waals surface area (Å²) in [5.41, 5.74) is 6.09. The molecule has 1 heterocycles. The lowest BCUT2D eigenvalue weighted by Gasteiger charge is -2.07. The van der Waals surface area contributed by atoms with Crippen molar-refractivity contribution in [3.05, 3.63) is 96.1 Å². The summed E-state index contributed by atoms with van der Waals surface area (Å²) in [4.78, 5) is 0. The zero-order valence-electron chi connectivity index (χ0n) is 14.6. The molecule has 3 aromatic carbocycles. The first-order valence-corrected chi connectivity index (χ1v) is 8.59. The Morgan fingerprint density at radius 3 is 2.15 bits per heavy atom. The molecule has 0 saturated carbocycles. The maximum atomic E-state index is 9.76. The minimum atomic E-state index is 0.666. The number of fused-ring (bicyclic) bond motifs is 1. The number of nitriles is 1. The molecule has 2 heteroatoms. The van der Waals surface area contributed by atoms with Crippen molar-refractivity contribution < 1.29 is 0 Å². The summed E-state index contributed by atoms with van der Waals surface area (Å²) in [5.74, 6) is 0. The van der Waals surface area contributed by atoms with Crippen LogP contribution in [0.1, 0.15) is 11.1 Å². The van der Waals surface area contributed by atoms with E-state index in [1.165, 1.54) is 0 Å². The average molecular weight is 334 g/mol. The molecule has 124 valence electrons. The molecular formula is C24H18N2. The monoisotopic (exact) mass is 334 g/mol. The second-order valence-corrected chi connectivity index (χ2v) is 6.24. The third kappa shape index (κ3) is 2.70. The van der Waals surface area contributed by atoms with Crippen molar-refractivity contribution >= 4 is 22.6 Å². The van der Waals surface area contributed by atoms with Gasteiger partial charge in [0, 0.05) is 23.5 Å². The van der Waals surface area contributed by atoms with E-state index in [9.17, 15) is 5.26 Å². The van der Waals surface area contributed by atoms with E-state index in [4.69, 9.17) is 0 Å². The van der Waals surface area contributed by atoms with E-state index in [-0.39, 0.29) is 0 Å². The van der Waals surface area contributed by atoms with Crippen molar-refractivity contribution in [2.45, 2.75) is 0 Å². The highest BCUT2D eigenvalue weighted by Crippen LogP contribution is 2.35. The molecule has 0 bridgehead atoms. The van der Waals surface area contributed by atoms with Crippen LogP contribution in [0.25, 0.3) is 33.8 Å². The van der Waals surface area contributed by atoms with Gasteiger partial charge in [-0.15, -0.1) is 0 Å². The Labute approximate surface area is 153 Å². The number of hydrogen-bond acceptors (Lipinski definition) is 1. The van der Waals surface area contributed by atoms with Crippen LogP contribution in [0, 0.1) is 11.3 Å². The first kappa shape index (κ1) is 15.9. The quantitative estimate of drug-likeness (QED) is 0.428. The number of nitrogens with zero attached hydrogens (tertiary/aromatic N) is 2. The molecule has 26 heavy (non-hydrogen) atoms. The van der Waals surface area contributed by atoms with Crippen molar-refractivity contribution in [3.63, 3.8) is 0 Å². The van der Waals surface area contributed by atoms with Gasteiger partial charge in [-0.1, -0.05) is 78.9 Å². The van der Waals surface area contributed by atoms with Crippen LogP contribution in [-0.4, -0.2) is 4.57 Å². The van der Waals surface area contributed by atoms with Crippen molar-refractivity contribution in [1.29, 1.82) is 5.26 Å². The third-order valence-corrected chi connectivity index (χ3v) is 4.69. The van der Waals surface area contributed by atoms with Crippen LogP contribution >= 0.6 is 0 Å². The van der Waals surface area contributed by atoms with Crippen LogP contribution < -0.4 is 0 Å². The Hall–Kier alpha value is -3.57. The van der Waals surface area contributed by atoms with Gasteiger partial charge in [-0.25, -0.2) is 0 Å². The minimum absolute atomic E-state index is 0.666. The van der Waals surface area contributed by atoms with E-state index in [0.29, 0.717) is 5.57 Å². The molecule has 0 radical (unpaired) electrons. The SMILES string of the molecule is Cn1c(-c2ccccc2)c(C=C(C#N)c2ccccc2)c2ccccc21. The summed E-state index contributed by atoms with van der Waals surface area (Å²) in [6.45, 7) is 0. The summed E-state index contributed by atoms with van der Waals surface area (Å²) in [7, 11) is 2.08. The summed E-state index contributed by atoms with van der Waals surface area (Å²) in [5, 5.41) is 10.9. The molecule has 0 spiro atoms. The van der Waals surface area contributed by atoms with Crippen LogP contribution in [0.15, 0.2) is 84.9 Å². The number of hydrogen-bond donors (Lipinski definition) is 0. The minimum Gasteiger partial charge on any atom is -0.343 e. The molecule has 0 unspecified atom stereocenters. The Morgan fingerprint density at radius 2 is 1.46 bits per heavy atom. The first-order chi connectivity index (χ1) is 12.8. The van der Waals surface area contributed by atoms with Gasteiger partial charge in [0.15, 0.2) is 0 Å². The zero-order chi connectivity index (χ0) is 17.9. The Morgan fingerprint density at radius 1 is 0.846 bits per heavy atom. The average Bonchev–Trinajstić information content (AvgIpc) is 2.99. The summed E-state index contributed by atoms with van der Waals surface area (Å²) < 4.78 is 2.20. The molecule has 0 aliphatic rings. The fraction of sp³-hybridized carbons (Fsp3) is 0.0417. The van der Waals surface area contributed by atoms with E-state index >= 15 is 0 Å². The predicted molar refractivity (Wildman–Crippen MR) is 108 cm³/mol. The molecule has 0 aliphatic carbocycles. The number of allylic oxidation sites excluding steroid dienone is 1. The van der Waals surface area contributed by atoms with Gasteiger partial charge in [-0.2, -0.15) is 5.26 Å². The van der Waals surface area contributed by atoms with Gasteiger partial charge in [-0.3, -0.25) is 0 Å². The van der Waals surface area contributed by atoms with Crippen LogP contribution in [0.2, 0.25) is 0 Å². The van der Waals surface area contributed by atoms with Crippen LogP contribution in [0.3, 0.4) is 0 Å². The molecule has 4 aromatic rings. The number of benzene rings is 3. The normalized spacial score (nSPS) is 11.5. The van der Waals surface area contributed by atoms with Gasteiger partial charge >= 0.3 is 0 Å². The second-order valence-electron chi connectivity index (χ2n) is 6.24. The fourth-order valence-corrected chi connectivity index (χ4v) is 3.46.